The van der Waals surface area contributed by atoms with Gasteiger partial charge < -0.3 is 5.11 Å². The van der Waals surface area contributed by atoms with E-state index in [-0.39, 0.29) is 0 Å². The molecule has 0 aromatic heterocycles. The average Bonchev–Trinajstić information content (AvgIpc) is 1.36. The Kier molecular flexibility index (Phi) is 1.97. The first-order valence-corrected chi connectivity index (χ1v) is 1.43. The second-order valence-electron chi connectivity index (χ2n) is 0.891. The molecule has 0 spiro atoms. The summed E-state index contributed by atoms with van der Waals surface area (Å²) >= 11 is 0. The van der Waals surface area contributed by atoms with Crippen LogP contribution in [0.15, 0.2) is 0 Å². The van der Waals surface area contributed by atoms with Crippen LogP contribution >= 0.6 is 0 Å². The molecule has 0 aliphatic rings. The summed E-state index contributed by atoms with van der Waals surface area (Å²) < 4.78 is 21.5. The van der Waals surface area contributed by atoms with Gasteiger partial charge in [-0.25, -0.2) is 0 Å². The van der Waals surface area contributed by atoms with E-state index in [2.05, 4.69) is 0 Å². The summed E-state index contributed by atoms with van der Waals surface area (Å²) in [5.41, 5.74) is 0. The van der Waals surface area contributed by atoms with Gasteiger partial charge in [0, 0.05) is 5.34 Å². The molecule has 0 aromatic carbocycles. The van der Waals surface area contributed by atoms with E-state index in [4.69, 9.17) is 5.11 Å². The van der Waals surface area contributed by atoms with E-state index in [0.717, 1.165) is 6.92 Å². The van der Waals surface area contributed by atoms with Crippen molar-refractivity contribution in [3.63, 3.8) is 0 Å². The zero-order chi connectivity index (χ0) is 5.15. The van der Waals surface area contributed by atoms with Gasteiger partial charge >= 0.3 is 0 Å². The lowest BCUT2D eigenvalue weighted by atomic mass is 10.7. The van der Waals surface area contributed by atoms with Gasteiger partial charge in [0.2, 0.25) is 0 Å². The van der Waals surface area contributed by atoms with Gasteiger partial charge in [0.15, 0.2) is 6.23 Å². The second kappa shape index (κ2) is 2.04. The summed E-state index contributed by atoms with van der Waals surface area (Å²) in [6, 6.07) is 0. The van der Waals surface area contributed by atoms with E-state index in [0.29, 0.717) is 0 Å². The molecule has 6 heavy (non-hydrogen) atoms. The molecule has 0 saturated heterocycles. The normalized spacial score (nSPS) is 15.5. The van der Waals surface area contributed by atoms with Gasteiger partial charge in [-0.1, -0.05) is 8.96 Å². The Morgan fingerprint density at radius 2 is 1.83 bits per heavy atom. The minimum absolute atomic E-state index is 0.972. The van der Waals surface area contributed by atoms with Crippen molar-refractivity contribution in [1.82, 2.24) is 5.34 Å². The lowest BCUT2D eigenvalue weighted by Gasteiger charge is -1.99. The molecule has 2 nitrogen and oxygen atoms in total. The highest BCUT2D eigenvalue weighted by Crippen LogP contribution is 1.92. The molecule has 0 amide bonds. The van der Waals surface area contributed by atoms with Crippen LogP contribution in [0.1, 0.15) is 6.92 Å². The molecule has 0 aromatic rings. The van der Waals surface area contributed by atoms with Crippen LogP contribution in [-0.4, -0.2) is 16.7 Å². The Bertz CT molecular complexity index is 32.5. The van der Waals surface area contributed by atoms with Crippen LogP contribution in [0.5, 0.6) is 0 Å². The summed E-state index contributed by atoms with van der Waals surface area (Å²) in [6.45, 7) is 0.972. The van der Waals surface area contributed by atoms with E-state index in [1.54, 1.807) is 0 Å². The summed E-state index contributed by atoms with van der Waals surface area (Å²) in [5, 5.41) is 6.53. The molecule has 0 saturated carbocycles. The maximum atomic E-state index is 10.7. The zero-order valence-electron chi connectivity index (χ0n) is 3.23. The maximum Gasteiger partial charge on any atom is 0.164 e. The lowest BCUT2D eigenvalue weighted by molar-refractivity contribution is -0.241. The molecule has 0 radical (unpaired) electrons. The van der Waals surface area contributed by atoms with Gasteiger partial charge in [-0.15, -0.1) is 0 Å². The third-order valence-corrected chi connectivity index (χ3v) is 0.282. The van der Waals surface area contributed by atoms with Crippen LogP contribution < -0.4 is 0 Å². The highest BCUT2D eigenvalue weighted by Gasteiger charge is 2.03. The van der Waals surface area contributed by atoms with Gasteiger partial charge in [0.25, 0.3) is 0 Å². The summed E-state index contributed by atoms with van der Waals surface area (Å²) in [4.78, 5) is 0. The van der Waals surface area contributed by atoms with Crippen molar-refractivity contribution >= 4 is 0 Å². The van der Waals surface area contributed by atoms with Crippen molar-refractivity contribution < 1.29 is 14.1 Å². The second-order valence-corrected chi connectivity index (χ2v) is 0.891. The molecule has 1 unspecified atom stereocenters. The van der Waals surface area contributed by atoms with Crippen molar-refractivity contribution in [1.29, 1.82) is 0 Å². The van der Waals surface area contributed by atoms with E-state index in [1.165, 1.54) is 0 Å². The molecular weight excluding hydrogens is 92.0 g/mol. The quantitative estimate of drug-likeness (QED) is 0.378. The van der Waals surface area contributed by atoms with Gasteiger partial charge in [-0.2, -0.15) is 0 Å². The van der Waals surface area contributed by atoms with Crippen LogP contribution in [-0.2, 0) is 0 Å². The summed E-state index contributed by atoms with van der Waals surface area (Å²) in [6.07, 6.45) is -1.65. The summed E-state index contributed by atoms with van der Waals surface area (Å²) in [5.74, 6) is 0. The first-order valence-electron chi connectivity index (χ1n) is 1.43. The number of nitrogens with zero attached hydrogens (tertiary/aromatic N) is 1. The number of halogens is 2. The first-order chi connectivity index (χ1) is 2.64. The fraction of sp³-hybridized carbons (Fsp3) is 1.00. The van der Waals surface area contributed by atoms with Crippen LogP contribution in [0.4, 0.5) is 8.96 Å². The highest BCUT2D eigenvalue weighted by atomic mass is 19.4. The number of aliphatic hydroxyl groups excluding tert-OH is 1. The Morgan fingerprint density at radius 1 is 1.67 bits per heavy atom. The third kappa shape index (κ3) is 2.04. The maximum absolute atomic E-state index is 10.7. The number of rotatable bonds is 1. The van der Waals surface area contributed by atoms with Crippen LogP contribution in [0.25, 0.3) is 0 Å². The molecule has 0 fully saturated rings. The standard InChI is InChI=1S/C2H5F2NO/c1-2(6)5(3)4/h2,6H,1H3. The smallest absolute Gasteiger partial charge is 0.164 e. The SMILES string of the molecule is CC(O)N(F)F. The molecule has 1 atom stereocenters. The monoisotopic (exact) mass is 97.0 g/mol. The Morgan fingerprint density at radius 3 is 1.83 bits per heavy atom. The van der Waals surface area contributed by atoms with Crippen molar-refractivity contribution in [2.45, 2.75) is 13.2 Å². The van der Waals surface area contributed by atoms with E-state index in [9.17, 15) is 8.96 Å². The van der Waals surface area contributed by atoms with Gasteiger partial charge in [0.1, 0.15) is 0 Å². The number of aliphatic hydroxyl groups is 1. The first kappa shape index (κ1) is 5.78. The minimum Gasteiger partial charge on any atom is -0.373 e. The topological polar surface area (TPSA) is 23.5 Å². The van der Waals surface area contributed by atoms with Crippen molar-refractivity contribution in [2.24, 2.45) is 0 Å². The molecule has 0 aliphatic heterocycles. The molecule has 0 rings (SSSR count). The molecule has 4 heteroatoms. The van der Waals surface area contributed by atoms with Crippen LogP contribution in [0.2, 0.25) is 0 Å². The molecule has 38 valence electrons. The molecule has 0 bridgehead atoms. The van der Waals surface area contributed by atoms with Gasteiger partial charge in [-0.05, 0) is 6.92 Å². The van der Waals surface area contributed by atoms with Crippen molar-refractivity contribution in [3.8, 4) is 0 Å². The fourth-order valence-electron chi connectivity index (χ4n) is 0. The predicted molar refractivity (Wildman–Crippen MR) is 15.7 cm³/mol. The molecule has 0 heterocycles. The lowest BCUT2D eigenvalue weighted by Crippen LogP contribution is -2.14. The summed E-state index contributed by atoms with van der Waals surface area (Å²) in [7, 11) is 0. The fourth-order valence-corrected chi connectivity index (χ4v) is 0. The van der Waals surface area contributed by atoms with Gasteiger partial charge in [-0.3, -0.25) is 0 Å². The number of hydrogen-bond donors (Lipinski definition) is 1. The van der Waals surface area contributed by atoms with Crippen LogP contribution in [0, 0.1) is 0 Å². The highest BCUT2D eigenvalue weighted by molar-refractivity contribution is 4.20. The zero-order valence-corrected chi connectivity index (χ0v) is 3.23. The predicted octanol–water partition coefficient (Wildman–Crippen LogP) is 0.396. The molecular formula is C2H5F2NO. The minimum atomic E-state index is -1.65. The average molecular weight is 97.1 g/mol. The van der Waals surface area contributed by atoms with E-state index < -0.39 is 11.6 Å². The van der Waals surface area contributed by atoms with Crippen molar-refractivity contribution in [2.75, 3.05) is 0 Å². The van der Waals surface area contributed by atoms with Crippen LogP contribution in [0.3, 0.4) is 0 Å². The Hall–Kier alpha value is -0.220. The van der Waals surface area contributed by atoms with E-state index >= 15 is 0 Å². The Labute approximate surface area is 33.9 Å². The van der Waals surface area contributed by atoms with Gasteiger partial charge in [0.05, 0.1) is 0 Å². The number of hydrogen-bond acceptors (Lipinski definition) is 2. The Balaban J connectivity index is 2.99. The van der Waals surface area contributed by atoms with E-state index in [1.807, 2.05) is 0 Å². The molecule has 1 N–H and O–H groups in total. The third-order valence-electron chi connectivity index (χ3n) is 0.282. The van der Waals surface area contributed by atoms with Crippen molar-refractivity contribution in [3.05, 3.63) is 0 Å². The molecule has 0 aliphatic carbocycles. The largest absolute Gasteiger partial charge is 0.373 e.